The van der Waals surface area contributed by atoms with E-state index < -0.39 is 10.0 Å². The lowest BCUT2D eigenvalue weighted by Gasteiger charge is -2.10. The summed E-state index contributed by atoms with van der Waals surface area (Å²) >= 11 is 5.82. The van der Waals surface area contributed by atoms with Gasteiger partial charge in [-0.1, -0.05) is 29.8 Å². The molecule has 4 aromatic carbocycles. The smallest absolute Gasteiger partial charge is 0.262 e. The number of hydrogen-bond donors (Lipinski definition) is 2. The van der Waals surface area contributed by atoms with Gasteiger partial charge in [0.05, 0.1) is 4.90 Å². The quantitative estimate of drug-likeness (QED) is 0.291. The van der Waals surface area contributed by atoms with Crippen molar-refractivity contribution in [1.82, 2.24) is 0 Å². The zero-order chi connectivity index (χ0) is 24.7. The van der Waals surface area contributed by atoms with Crippen LogP contribution in [0.5, 0.6) is 17.2 Å². The second-order valence-corrected chi connectivity index (χ2v) is 9.48. The van der Waals surface area contributed by atoms with Gasteiger partial charge < -0.3 is 14.8 Å². The molecule has 0 aliphatic heterocycles. The Bertz CT molecular complexity index is 1380. The van der Waals surface area contributed by atoms with Crippen LogP contribution in [0.2, 0.25) is 5.02 Å². The van der Waals surface area contributed by atoms with Crippen molar-refractivity contribution in [3.8, 4) is 17.2 Å². The maximum atomic E-state index is 12.5. The van der Waals surface area contributed by atoms with Crippen molar-refractivity contribution >= 4 is 38.9 Å². The summed E-state index contributed by atoms with van der Waals surface area (Å²) in [4.78, 5) is 12.3. The van der Waals surface area contributed by atoms with Crippen LogP contribution in [0, 0.1) is 0 Å². The lowest BCUT2D eigenvalue weighted by atomic mass is 10.3. The Labute approximate surface area is 208 Å². The lowest BCUT2D eigenvalue weighted by molar-refractivity contribution is -0.118. The number of sulfonamides is 1. The van der Waals surface area contributed by atoms with Crippen LogP contribution in [-0.4, -0.2) is 20.9 Å². The van der Waals surface area contributed by atoms with Crippen molar-refractivity contribution in [3.63, 3.8) is 0 Å². The molecule has 0 bridgehead atoms. The number of nitrogens with one attached hydrogen (secondary N) is 2. The molecule has 4 aromatic rings. The van der Waals surface area contributed by atoms with Crippen molar-refractivity contribution in [2.45, 2.75) is 4.90 Å². The molecule has 0 atom stereocenters. The molecule has 1 amide bonds. The highest BCUT2D eigenvalue weighted by atomic mass is 35.5. The van der Waals surface area contributed by atoms with Crippen LogP contribution in [0.4, 0.5) is 11.4 Å². The Morgan fingerprint density at radius 1 is 0.714 bits per heavy atom. The summed E-state index contributed by atoms with van der Waals surface area (Å²) in [6, 6.07) is 28.4. The molecule has 0 aliphatic carbocycles. The van der Waals surface area contributed by atoms with Crippen molar-refractivity contribution in [2.75, 3.05) is 16.6 Å². The summed E-state index contributed by atoms with van der Waals surface area (Å²) < 4.78 is 38.7. The van der Waals surface area contributed by atoms with E-state index in [9.17, 15) is 13.2 Å². The SMILES string of the molecule is O=C(COc1ccc(S(=O)(=O)Nc2ccc(Cl)cc2)cc1)Nc1ccc(Oc2ccccc2)cc1. The van der Waals surface area contributed by atoms with Crippen molar-refractivity contribution < 1.29 is 22.7 Å². The maximum absolute atomic E-state index is 12.5. The number of anilines is 2. The second-order valence-electron chi connectivity index (χ2n) is 7.36. The topological polar surface area (TPSA) is 93.7 Å². The summed E-state index contributed by atoms with van der Waals surface area (Å²) in [5.74, 6) is 1.36. The number of para-hydroxylation sites is 1. The molecule has 0 fully saturated rings. The lowest BCUT2D eigenvalue weighted by Crippen LogP contribution is -2.20. The largest absolute Gasteiger partial charge is 0.484 e. The Hall–Kier alpha value is -4.01. The van der Waals surface area contributed by atoms with Crippen molar-refractivity contribution in [1.29, 1.82) is 0 Å². The van der Waals surface area contributed by atoms with Gasteiger partial charge in [-0.2, -0.15) is 0 Å². The molecule has 0 heterocycles. The van der Waals surface area contributed by atoms with Gasteiger partial charge in [0, 0.05) is 16.4 Å². The third-order valence-electron chi connectivity index (χ3n) is 4.72. The third kappa shape index (κ3) is 6.99. The maximum Gasteiger partial charge on any atom is 0.262 e. The van der Waals surface area contributed by atoms with Crippen LogP contribution in [0.25, 0.3) is 0 Å². The zero-order valence-corrected chi connectivity index (χ0v) is 19.9. The predicted octanol–water partition coefficient (Wildman–Crippen LogP) is 5.95. The molecule has 0 radical (unpaired) electrons. The van der Waals surface area contributed by atoms with E-state index in [-0.39, 0.29) is 17.4 Å². The van der Waals surface area contributed by atoms with E-state index in [0.717, 1.165) is 5.75 Å². The van der Waals surface area contributed by atoms with E-state index in [1.165, 1.54) is 24.3 Å². The van der Waals surface area contributed by atoms with E-state index in [1.807, 2.05) is 30.3 Å². The van der Waals surface area contributed by atoms with Gasteiger partial charge >= 0.3 is 0 Å². The van der Waals surface area contributed by atoms with Crippen LogP contribution in [-0.2, 0) is 14.8 Å². The first kappa shape index (κ1) is 24.1. The van der Waals surface area contributed by atoms with E-state index >= 15 is 0 Å². The predicted molar refractivity (Wildman–Crippen MR) is 136 cm³/mol. The first-order valence-corrected chi connectivity index (χ1v) is 12.4. The standard InChI is InChI=1S/C26H21ClN2O5S/c27-19-6-8-21(9-7-19)29-35(31,32)25-16-14-22(15-17-25)33-18-26(30)28-20-10-12-24(13-11-20)34-23-4-2-1-3-5-23/h1-17,29H,18H2,(H,28,30). The molecule has 0 aromatic heterocycles. The number of rotatable bonds is 9. The molecule has 0 aliphatic rings. The number of benzene rings is 4. The van der Waals surface area contributed by atoms with Crippen LogP contribution in [0.3, 0.4) is 0 Å². The Morgan fingerprint density at radius 2 is 1.29 bits per heavy atom. The fraction of sp³-hybridized carbons (Fsp3) is 0.0385. The van der Waals surface area contributed by atoms with Crippen molar-refractivity contribution in [3.05, 3.63) is 108 Å². The molecule has 4 rings (SSSR count). The number of carbonyl (C=O) groups is 1. The van der Waals surface area contributed by atoms with E-state index in [0.29, 0.717) is 27.9 Å². The number of amides is 1. The highest BCUT2D eigenvalue weighted by molar-refractivity contribution is 7.92. The summed E-state index contributed by atoms with van der Waals surface area (Å²) in [5, 5.41) is 3.24. The summed E-state index contributed by atoms with van der Waals surface area (Å²) in [5.41, 5.74) is 0.986. The third-order valence-corrected chi connectivity index (χ3v) is 6.37. The molecular weight excluding hydrogens is 488 g/mol. The highest BCUT2D eigenvalue weighted by Crippen LogP contribution is 2.23. The molecule has 7 nitrogen and oxygen atoms in total. The first-order chi connectivity index (χ1) is 16.9. The Balaban J connectivity index is 1.27. The fourth-order valence-electron chi connectivity index (χ4n) is 3.02. The Morgan fingerprint density at radius 3 is 1.94 bits per heavy atom. The summed E-state index contributed by atoms with van der Waals surface area (Å²) in [7, 11) is -3.78. The van der Waals surface area contributed by atoms with Crippen LogP contribution in [0.1, 0.15) is 0 Å². The molecule has 0 unspecified atom stereocenters. The van der Waals surface area contributed by atoms with Gasteiger partial charge in [0.15, 0.2) is 6.61 Å². The van der Waals surface area contributed by atoms with Crippen molar-refractivity contribution in [2.24, 2.45) is 0 Å². The molecular formula is C26H21ClN2O5S. The minimum atomic E-state index is -3.78. The monoisotopic (exact) mass is 508 g/mol. The fourth-order valence-corrected chi connectivity index (χ4v) is 4.21. The highest BCUT2D eigenvalue weighted by Gasteiger charge is 2.14. The van der Waals surface area contributed by atoms with Gasteiger partial charge in [0.2, 0.25) is 0 Å². The van der Waals surface area contributed by atoms with Gasteiger partial charge in [-0.05, 0) is 84.9 Å². The van der Waals surface area contributed by atoms with E-state index in [2.05, 4.69) is 10.0 Å². The first-order valence-electron chi connectivity index (χ1n) is 10.5. The molecule has 0 saturated carbocycles. The van der Waals surface area contributed by atoms with Gasteiger partial charge in [0.25, 0.3) is 15.9 Å². The van der Waals surface area contributed by atoms with Gasteiger partial charge in [-0.15, -0.1) is 0 Å². The molecule has 9 heteroatoms. The van der Waals surface area contributed by atoms with Crippen LogP contribution < -0.4 is 19.5 Å². The number of carbonyl (C=O) groups excluding carboxylic acids is 1. The van der Waals surface area contributed by atoms with Crippen LogP contribution >= 0.6 is 11.6 Å². The minimum Gasteiger partial charge on any atom is -0.484 e. The minimum absolute atomic E-state index is 0.0575. The normalized spacial score (nSPS) is 10.9. The Kier molecular flexibility index (Phi) is 7.54. The number of ether oxygens (including phenoxy) is 2. The van der Waals surface area contributed by atoms with Gasteiger partial charge in [0.1, 0.15) is 17.2 Å². The summed E-state index contributed by atoms with van der Waals surface area (Å²) in [6.07, 6.45) is 0. The molecule has 0 saturated heterocycles. The van der Waals surface area contributed by atoms with Gasteiger partial charge in [-0.25, -0.2) is 8.42 Å². The number of hydrogen-bond acceptors (Lipinski definition) is 5. The zero-order valence-electron chi connectivity index (χ0n) is 18.3. The molecule has 178 valence electrons. The summed E-state index contributed by atoms with van der Waals surface area (Å²) in [6.45, 7) is -0.239. The average Bonchev–Trinajstić information content (AvgIpc) is 2.86. The molecule has 35 heavy (non-hydrogen) atoms. The van der Waals surface area contributed by atoms with E-state index in [1.54, 1.807) is 48.5 Å². The average molecular weight is 509 g/mol. The van der Waals surface area contributed by atoms with Crippen LogP contribution in [0.15, 0.2) is 108 Å². The second kappa shape index (κ2) is 10.9. The molecule has 2 N–H and O–H groups in total. The number of halogens is 1. The molecule has 0 spiro atoms. The van der Waals surface area contributed by atoms with Gasteiger partial charge in [-0.3, -0.25) is 9.52 Å². The van der Waals surface area contributed by atoms with E-state index in [4.69, 9.17) is 21.1 Å².